The standard InChI is InChI=1S/C13H10ClN3OS/c14-10-4-2-1-3-7(10)5-8-6-9-11(18)16-13(15)17-12(9)19-8/h1-4,6H,5H2,(H3,15,16,17,18). The fourth-order valence-corrected chi connectivity index (χ4v) is 3.21. The number of H-pyrrole nitrogens is 1. The van der Waals surface area contributed by atoms with Gasteiger partial charge in [0.05, 0.1) is 5.39 Å². The zero-order chi connectivity index (χ0) is 13.4. The molecule has 0 saturated heterocycles. The summed E-state index contributed by atoms with van der Waals surface area (Å²) >= 11 is 7.63. The molecule has 0 radical (unpaired) electrons. The second kappa shape index (κ2) is 4.68. The summed E-state index contributed by atoms with van der Waals surface area (Å²) in [4.78, 5) is 20.1. The third-order valence-electron chi connectivity index (χ3n) is 2.80. The summed E-state index contributed by atoms with van der Waals surface area (Å²) in [7, 11) is 0. The number of anilines is 1. The van der Waals surface area contributed by atoms with E-state index in [0.29, 0.717) is 11.8 Å². The maximum atomic E-state index is 11.7. The summed E-state index contributed by atoms with van der Waals surface area (Å²) in [6.45, 7) is 0. The van der Waals surface area contributed by atoms with Gasteiger partial charge in [0.2, 0.25) is 5.95 Å². The zero-order valence-electron chi connectivity index (χ0n) is 9.81. The Morgan fingerprint density at radius 3 is 2.95 bits per heavy atom. The number of nitrogens with one attached hydrogen (secondary N) is 1. The fourth-order valence-electron chi connectivity index (χ4n) is 1.92. The SMILES string of the molecule is Nc1nc(=O)c2cc(Cc3ccccc3Cl)sc2[nH]1. The van der Waals surface area contributed by atoms with Crippen molar-refractivity contribution in [3.63, 3.8) is 0 Å². The molecule has 19 heavy (non-hydrogen) atoms. The first-order valence-corrected chi connectivity index (χ1v) is 6.84. The Labute approximate surface area is 117 Å². The molecule has 3 rings (SSSR count). The zero-order valence-corrected chi connectivity index (χ0v) is 11.4. The molecule has 96 valence electrons. The molecular formula is C13H10ClN3OS. The van der Waals surface area contributed by atoms with Crippen LogP contribution in [0, 0.1) is 0 Å². The van der Waals surface area contributed by atoms with Gasteiger partial charge in [0.15, 0.2) is 0 Å². The summed E-state index contributed by atoms with van der Waals surface area (Å²) in [5.74, 6) is 0.142. The number of hydrogen-bond acceptors (Lipinski definition) is 4. The maximum absolute atomic E-state index is 11.7. The van der Waals surface area contributed by atoms with Crippen LogP contribution < -0.4 is 11.3 Å². The Morgan fingerprint density at radius 1 is 1.37 bits per heavy atom. The van der Waals surface area contributed by atoms with Gasteiger partial charge in [0.25, 0.3) is 5.56 Å². The van der Waals surface area contributed by atoms with Crippen molar-refractivity contribution in [2.45, 2.75) is 6.42 Å². The van der Waals surface area contributed by atoms with E-state index in [1.54, 1.807) is 0 Å². The number of fused-ring (bicyclic) bond motifs is 1. The third-order valence-corrected chi connectivity index (χ3v) is 4.22. The molecule has 0 spiro atoms. The highest BCUT2D eigenvalue weighted by atomic mass is 35.5. The lowest BCUT2D eigenvalue weighted by Crippen LogP contribution is -2.09. The Morgan fingerprint density at radius 2 is 2.16 bits per heavy atom. The molecule has 0 unspecified atom stereocenters. The molecule has 4 nitrogen and oxygen atoms in total. The second-order valence-corrected chi connectivity index (χ2v) is 5.69. The maximum Gasteiger partial charge on any atom is 0.283 e. The number of rotatable bonds is 2. The van der Waals surface area contributed by atoms with E-state index in [4.69, 9.17) is 17.3 Å². The van der Waals surface area contributed by atoms with Crippen molar-refractivity contribution in [3.8, 4) is 0 Å². The van der Waals surface area contributed by atoms with Gasteiger partial charge in [-0.15, -0.1) is 11.3 Å². The minimum absolute atomic E-state index is 0.142. The van der Waals surface area contributed by atoms with Crippen LogP contribution in [0.25, 0.3) is 10.2 Å². The smallest absolute Gasteiger partial charge is 0.283 e. The Hall–Kier alpha value is -1.85. The highest BCUT2D eigenvalue weighted by molar-refractivity contribution is 7.18. The predicted octanol–water partition coefficient (Wildman–Crippen LogP) is 2.81. The topological polar surface area (TPSA) is 71.8 Å². The van der Waals surface area contributed by atoms with E-state index in [-0.39, 0.29) is 11.5 Å². The minimum atomic E-state index is -0.298. The molecule has 3 N–H and O–H groups in total. The average Bonchev–Trinajstić information content (AvgIpc) is 2.75. The van der Waals surface area contributed by atoms with Gasteiger partial charge in [0, 0.05) is 16.3 Å². The normalized spacial score (nSPS) is 11.0. The van der Waals surface area contributed by atoms with Crippen LogP contribution in [-0.2, 0) is 6.42 Å². The van der Waals surface area contributed by atoms with Crippen LogP contribution in [0.2, 0.25) is 5.02 Å². The lowest BCUT2D eigenvalue weighted by atomic mass is 10.1. The van der Waals surface area contributed by atoms with Gasteiger partial charge in [0.1, 0.15) is 4.83 Å². The van der Waals surface area contributed by atoms with Crippen molar-refractivity contribution in [2.24, 2.45) is 0 Å². The van der Waals surface area contributed by atoms with Gasteiger partial charge in [-0.3, -0.25) is 4.79 Å². The number of nitrogen functional groups attached to an aromatic ring is 1. The molecule has 0 aliphatic rings. The van der Waals surface area contributed by atoms with Gasteiger partial charge in [-0.05, 0) is 17.7 Å². The van der Waals surface area contributed by atoms with Crippen molar-refractivity contribution in [1.82, 2.24) is 9.97 Å². The van der Waals surface area contributed by atoms with E-state index in [9.17, 15) is 4.79 Å². The number of thiophene rings is 1. The van der Waals surface area contributed by atoms with Gasteiger partial charge in [-0.1, -0.05) is 29.8 Å². The van der Waals surface area contributed by atoms with Crippen LogP contribution >= 0.6 is 22.9 Å². The Kier molecular flexibility index (Phi) is 3.00. The molecule has 1 aromatic carbocycles. The van der Waals surface area contributed by atoms with Gasteiger partial charge < -0.3 is 10.7 Å². The van der Waals surface area contributed by atoms with Gasteiger partial charge in [-0.25, -0.2) is 0 Å². The van der Waals surface area contributed by atoms with Gasteiger partial charge >= 0.3 is 0 Å². The number of nitrogens with two attached hydrogens (primary N) is 1. The molecule has 0 atom stereocenters. The molecule has 2 heterocycles. The van der Waals surface area contributed by atoms with E-state index < -0.39 is 0 Å². The largest absolute Gasteiger partial charge is 0.369 e. The minimum Gasteiger partial charge on any atom is -0.369 e. The van der Waals surface area contributed by atoms with Crippen LogP contribution in [0.4, 0.5) is 5.95 Å². The number of halogens is 1. The summed E-state index contributed by atoms with van der Waals surface area (Å²) < 4.78 is 0. The molecule has 0 aliphatic carbocycles. The van der Waals surface area contributed by atoms with Crippen molar-refractivity contribution >= 4 is 39.1 Å². The molecular weight excluding hydrogens is 282 g/mol. The monoisotopic (exact) mass is 291 g/mol. The fraction of sp³-hybridized carbons (Fsp3) is 0.0769. The number of nitrogens with zero attached hydrogens (tertiary/aromatic N) is 1. The first-order chi connectivity index (χ1) is 9.13. The highest BCUT2D eigenvalue weighted by Gasteiger charge is 2.09. The molecule has 0 bridgehead atoms. The number of benzene rings is 1. The van der Waals surface area contributed by atoms with Crippen LogP contribution in [0.3, 0.4) is 0 Å². The molecule has 0 aliphatic heterocycles. The van der Waals surface area contributed by atoms with E-state index >= 15 is 0 Å². The molecule has 0 saturated carbocycles. The quantitative estimate of drug-likeness (QED) is 0.762. The van der Waals surface area contributed by atoms with Gasteiger partial charge in [-0.2, -0.15) is 4.98 Å². The summed E-state index contributed by atoms with van der Waals surface area (Å²) in [6.07, 6.45) is 0.687. The summed E-state index contributed by atoms with van der Waals surface area (Å²) in [5.41, 5.74) is 6.26. The van der Waals surface area contributed by atoms with Crippen molar-refractivity contribution < 1.29 is 0 Å². The lowest BCUT2D eigenvalue weighted by Gasteiger charge is -2.00. The summed E-state index contributed by atoms with van der Waals surface area (Å²) in [6, 6.07) is 9.51. The molecule has 0 amide bonds. The van der Waals surface area contributed by atoms with Crippen LogP contribution in [0.15, 0.2) is 35.1 Å². The molecule has 2 aromatic heterocycles. The first kappa shape index (κ1) is 12.2. The Balaban J connectivity index is 2.05. The van der Waals surface area contributed by atoms with Crippen LogP contribution in [0.5, 0.6) is 0 Å². The highest BCUT2D eigenvalue weighted by Crippen LogP contribution is 2.26. The van der Waals surface area contributed by atoms with Crippen LogP contribution in [0.1, 0.15) is 10.4 Å². The molecule has 6 heteroatoms. The Bertz CT molecular complexity index is 809. The number of aromatic amines is 1. The predicted molar refractivity (Wildman–Crippen MR) is 78.9 cm³/mol. The van der Waals surface area contributed by atoms with E-state index in [0.717, 1.165) is 20.3 Å². The van der Waals surface area contributed by atoms with Crippen molar-refractivity contribution in [3.05, 3.63) is 56.1 Å². The summed E-state index contributed by atoms with van der Waals surface area (Å²) in [5, 5.41) is 1.30. The van der Waals surface area contributed by atoms with Crippen LogP contribution in [-0.4, -0.2) is 9.97 Å². The van der Waals surface area contributed by atoms with E-state index in [1.165, 1.54) is 11.3 Å². The number of aromatic nitrogens is 2. The van der Waals surface area contributed by atoms with E-state index in [2.05, 4.69) is 9.97 Å². The van der Waals surface area contributed by atoms with Crippen molar-refractivity contribution in [1.29, 1.82) is 0 Å². The third kappa shape index (κ3) is 2.34. The molecule has 3 aromatic rings. The second-order valence-electron chi connectivity index (χ2n) is 4.15. The van der Waals surface area contributed by atoms with Crippen molar-refractivity contribution in [2.75, 3.05) is 5.73 Å². The first-order valence-electron chi connectivity index (χ1n) is 5.65. The molecule has 0 fully saturated rings. The lowest BCUT2D eigenvalue weighted by molar-refractivity contribution is 1.20. The number of hydrogen-bond donors (Lipinski definition) is 2. The average molecular weight is 292 g/mol. The van der Waals surface area contributed by atoms with E-state index in [1.807, 2.05) is 30.3 Å².